The van der Waals surface area contributed by atoms with Crippen molar-refractivity contribution in [2.24, 2.45) is 0 Å². The smallest absolute Gasteiger partial charge is 0.348 e. The minimum absolute atomic E-state index is 0.000863. The molecule has 0 amide bonds. The molecule has 1 saturated heterocycles. The number of ether oxygens (including phenoxy) is 2. The molecule has 0 saturated carbocycles. The van der Waals surface area contributed by atoms with Gasteiger partial charge in [-0.05, 0) is 6.07 Å². The van der Waals surface area contributed by atoms with Crippen LogP contribution in [0.4, 0.5) is 0 Å². The van der Waals surface area contributed by atoms with Crippen molar-refractivity contribution in [3.8, 4) is 23.0 Å². The lowest BCUT2D eigenvalue weighted by molar-refractivity contribution is -0.277. The molecular weight excluding hydrogens is 444 g/mol. The zero-order valence-corrected chi connectivity index (χ0v) is 16.6. The number of aliphatic hydroxyl groups excluding tert-OH is 4. The van der Waals surface area contributed by atoms with Crippen LogP contribution in [0.5, 0.6) is 23.0 Å². The molecule has 12 heteroatoms. The number of rotatable bonds is 3. The van der Waals surface area contributed by atoms with E-state index in [2.05, 4.69) is 0 Å². The lowest BCUT2D eigenvalue weighted by Gasteiger charge is -2.39. The molecular formula is C21H18O12. The van der Waals surface area contributed by atoms with Crippen LogP contribution in [0.2, 0.25) is 0 Å². The molecule has 0 spiro atoms. The molecule has 5 rings (SSSR count). The van der Waals surface area contributed by atoms with Crippen LogP contribution in [-0.4, -0.2) is 73.1 Å². The minimum atomic E-state index is -1.69. The van der Waals surface area contributed by atoms with Crippen LogP contribution < -0.4 is 10.4 Å². The molecule has 1 fully saturated rings. The van der Waals surface area contributed by atoms with E-state index in [9.17, 15) is 40.5 Å². The maximum Gasteiger partial charge on any atom is 0.348 e. The number of phenols is 3. The molecule has 0 bridgehead atoms. The third-order valence-electron chi connectivity index (χ3n) is 5.57. The quantitative estimate of drug-likeness (QED) is 0.159. The Labute approximate surface area is 182 Å². The zero-order valence-electron chi connectivity index (χ0n) is 16.6. The van der Waals surface area contributed by atoms with E-state index < -0.39 is 60.2 Å². The summed E-state index contributed by atoms with van der Waals surface area (Å²) in [5, 5.41) is 69.4. The maximum atomic E-state index is 12.6. The van der Waals surface area contributed by atoms with Gasteiger partial charge < -0.3 is 54.1 Å². The van der Waals surface area contributed by atoms with E-state index in [1.54, 1.807) is 0 Å². The highest BCUT2D eigenvalue weighted by molar-refractivity contribution is 6.15. The van der Waals surface area contributed by atoms with Gasteiger partial charge in [0, 0.05) is 23.6 Å². The molecule has 0 unspecified atom stereocenters. The van der Waals surface area contributed by atoms with E-state index in [0.717, 1.165) is 18.2 Å². The average Bonchev–Trinajstić information content (AvgIpc) is 3.12. The first-order chi connectivity index (χ1) is 15.7. The number of aliphatic hydroxyl groups is 4. The van der Waals surface area contributed by atoms with Gasteiger partial charge in [-0.25, -0.2) is 4.79 Å². The predicted molar refractivity (Wildman–Crippen MR) is 109 cm³/mol. The van der Waals surface area contributed by atoms with E-state index in [-0.39, 0.29) is 38.7 Å². The number of phenolic OH excluding ortho intramolecular Hbond substituents is 3. The first-order valence-electron chi connectivity index (χ1n) is 9.74. The Hall–Kier alpha value is -3.55. The molecule has 1 aliphatic heterocycles. The lowest BCUT2D eigenvalue weighted by atomic mass is 9.99. The summed E-state index contributed by atoms with van der Waals surface area (Å²) in [6, 6.07) is 4.57. The topological polar surface area (TPSA) is 203 Å². The fourth-order valence-electron chi connectivity index (χ4n) is 3.90. The van der Waals surface area contributed by atoms with Gasteiger partial charge in [0.05, 0.1) is 6.61 Å². The van der Waals surface area contributed by atoms with Crippen molar-refractivity contribution in [2.75, 3.05) is 6.61 Å². The molecule has 4 aromatic rings. The summed E-state index contributed by atoms with van der Waals surface area (Å²) < 4.78 is 21.7. The summed E-state index contributed by atoms with van der Waals surface area (Å²) in [4.78, 5) is 12.6. The lowest BCUT2D eigenvalue weighted by Crippen LogP contribution is -2.60. The second kappa shape index (κ2) is 7.50. The number of fused-ring (bicyclic) bond motifs is 5. The maximum absolute atomic E-state index is 12.6. The molecule has 174 valence electrons. The number of benzene rings is 2. The average molecular weight is 462 g/mol. The van der Waals surface area contributed by atoms with Gasteiger partial charge in [-0.3, -0.25) is 0 Å². The highest BCUT2D eigenvalue weighted by Crippen LogP contribution is 2.41. The van der Waals surface area contributed by atoms with Crippen molar-refractivity contribution in [2.45, 2.75) is 30.7 Å². The number of aromatic hydroxyl groups is 3. The fraction of sp³-hybridized carbons (Fsp3) is 0.286. The molecule has 2 aromatic heterocycles. The molecule has 7 N–H and O–H groups in total. The highest BCUT2D eigenvalue weighted by Gasteiger charge is 2.44. The van der Waals surface area contributed by atoms with Crippen LogP contribution in [0.15, 0.2) is 37.9 Å². The summed E-state index contributed by atoms with van der Waals surface area (Å²) in [6.07, 6.45) is -7.66. The molecule has 1 aliphatic rings. The summed E-state index contributed by atoms with van der Waals surface area (Å²) in [5.74, 6) is -1.50. The Morgan fingerprint density at radius 1 is 0.818 bits per heavy atom. The molecule has 12 nitrogen and oxygen atoms in total. The third-order valence-corrected chi connectivity index (χ3v) is 5.57. The van der Waals surface area contributed by atoms with Crippen LogP contribution in [0, 0.1) is 0 Å². The predicted octanol–water partition coefficient (Wildman–Crippen LogP) is -0.0121. The van der Waals surface area contributed by atoms with Gasteiger partial charge in [-0.15, -0.1) is 0 Å². The molecule has 0 radical (unpaired) electrons. The Morgan fingerprint density at radius 3 is 2.27 bits per heavy atom. The van der Waals surface area contributed by atoms with Crippen molar-refractivity contribution in [1.82, 2.24) is 0 Å². The summed E-state index contributed by atoms with van der Waals surface area (Å²) in [5.41, 5.74) is -0.996. The second-order valence-corrected chi connectivity index (χ2v) is 7.66. The second-order valence-electron chi connectivity index (χ2n) is 7.66. The Morgan fingerprint density at radius 2 is 1.55 bits per heavy atom. The first-order valence-corrected chi connectivity index (χ1v) is 9.74. The van der Waals surface area contributed by atoms with E-state index >= 15 is 0 Å². The molecule has 33 heavy (non-hydrogen) atoms. The van der Waals surface area contributed by atoms with E-state index in [4.69, 9.17) is 18.3 Å². The Bertz CT molecular complexity index is 1430. The van der Waals surface area contributed by atoms with Gasteiger partial charge in [0.2, 0.25) is 6.29 Å². The third kappa shape index (κ3) is 3.23. The zero-order chi connectivity index (χ0) is 23.6. The van der Waals surface area contributed by atoms with Gasteiger partial charge in [-0.1, -0.05) is 0 Å². The number of hydrogen-bond acceptors (Lipinski definition) is 12. The van der Waals surface area contributed by atoms with Crippen LogP contribution >= 0.6 is 0 Å². The van der Waals surface area contributed by atoms with Crippen LogP contribution in [0.3, 0.4) is 0 Å². The Balaban J connectivity index is 1.61. The Kier molecular flexibility index (Phi) is 4.84. The minimum Gasteiger partial charge on any atom is -0.507 e. The van der Waals surface area contributed by atoms with Gasteiger partial charge >= 0.3 is 5.63 Å². The van der Waals surface area contributed by atoms with E-state index in [0.29, 0.717) is 0 Å². The molecule has 0 aliphatic carbocycles. The first kappa shape index (κ1) is 21.3. The van der Waals surface area contributed by atoms with Gasteiger partial charge in [0.15, 0.2) is 17.1 Å². The van der Waals surface area contributed by atoms with Gasteiger partial charge in [-0.2, -0.15) is 0 Å². The molecule has 2 aromatic carbocycles. The van der Waals surface area contributed by atoms with Crippen molar-refractivity contribution in [3.05, 3.63) is 34.7 Å². The summed E-state index contributed by atoms with van der Waals surface area (Å²) >= 11 is 0. The molecule has 3 heterocycles. The number of furan rings is 1. The summed E-state index contributed by atoms with van der Waals surface area (Å²) in [6.45, 7) is -0.655. The van der Waals surface area contributed by atoms with E-state index in [1.807, 2.05) is 0 Å². The normalized spacial score (nSPS) is 25.8. The highest BCUT2D eigenvalue weighted by atomic mass is 16.7. The standard InChI is InChI=1S/C21H18O12/c22-5-13-16(26)17(27)18(28)21(33-13)30-6-1-10(25)15-12(2-6)32-20(29)14-7-3-8(23)9(24)4-11(7)31-19(14)15/h1-4,13,16-18,21-28H,5H2/t13-,16+,17+,18-,21-/m1/s1. The van der Waals surface area contributed by atoms with Crippen molar-refractivity contribution < 1.29 is 54.1 Å². The van der Waals surface area contributed by atoms with Crippen molar-refractivity contribution in [1.29, 1.82) is 0 Å². The number of hydrogen-bond donors (Lipinski definition) is 7. The SMILES string of the molecule is O=c1oc2cc(O[C@@H]3O[C@H](CO)[C@H](O)[C@H](O)[C@H]3O)cc(O)c2c2oc3cc(O)c(O)cc3c12. The van der Waals surface area contributed by atoms with E-state index in [1.165, 1.54) is 6.07 Å². The fourth-order valence-corrected chi connectivity index (χ4v) is 3.90. The van der Waals surface area contributed by atoms with Crippen LogP contribution in [0.1, 0.15) is 0 Å². The monoisotopic (exact) mass is 462 g/mol. The van der Waals surface area contributed by atoms with Crippen molar-refractivity contribution >= 4 is 32.9 Å². The molecule has 5 atom stereocenters. The van der Waals surface area contributed by atoms with Crippen LogP contribution in [-0.2, 0) is 4.74 Å². The van der Waals surface area contributed by atoms with Gasteiger partial charge in [0.25, 0.3) is 0 Å². The van der Waals surface area contributed by atoms with Crippen molar-refractivity contribution in [3.63, 3.8) is 0 Å². The largest absolute Gasteiger partial charge is 0.507 e. The van der Waals surface area contributed by atoms with Gasteiger partial charge in [0.1, 0.15) is 57.9 Å². The summed E-state index contributed by atoms with van der Waals surface area (Å²) in [7, 11) is 0. The van der Waals surface area contributed by atoms with Crippen LogP contribution in [0.25, 0.3) is 32.9 Å².